The minimum Gasteiger partial charge on any atom is -0.380 e. The van der Waals surface area contributed by atoms with Crippen LogP contribution >= 0.6 is 11.3 Å². The van der Waals surface area contributed by atoms with E-state index < -0.39 is 11.3 Å². The third-order valence-corrected chi connectivity index (χ3v) is 4.30. The van der Waals surface area contributed by atoms with Gasteiger partial charge in [0.1, 0.15) is 0 Å². The molecule has 2 rings (SSSR count). The SMILES string of the molecule is Cc1cc(CNc2ccc([N+](=O)[O-])cc2C(F)F)sc1C. The highest BCUT2D eigenvalue weighted by Crippen LogP contribution is 2.31. The van der Waals surface area contributed by atoms with Crippen molar-refractivity contribution in [1.29, 1.82) is 0 Å². The lowest BCUT2D eigenvalue weighted by Gasteiger charge is -2.10. The Balaban J connectivity index is 2.21. The lowest BCUT2D eigenvalue weighted by atomic mass is 10.1. The molecule has 0 saturated heterocycles. The van der Waals surface area contributed by atoms with Crippen LogP contribution in [0.15, 0.2) is 24.3 Å². The Morgan fingerprint density at radius 1 is 1.33 bits per heavy atom. The molecule has 0 saturated carbocycles. The van der Waals surface area contributed by atoms with Crippen molar-refractivity contribution >= 4 is 22.7 Å². The van der Waals surface area contributed by atoms with Crippen LogP contribution < -0.4 is 5.32 Å². The molecule has 0 bridgehead atoms. The standard InChI is InChI=1S/C14H14F2N2O2S/c1-8-5-11(21-9(8)2)7-17-13-4-3-10(18(19)20)6-12(13)14(15)16/h3-6,14,17H,7H2,1-2H3. The Kier molecular flexibility index (Phi) is 4.52. The second-order valence-electron chi connectivity index (χ2n) is 4.63. The third-order valence-electron chi connectivity index (χ3n) is 3.15. The van der Waals surface area contributed by atoms with E-state index in [1.165, 1.54) is 17.0 Å². The summed E-state index contributed by atoms with van der Waals surface area (Å²) >= 11 is 1.60. The normalized spacial score (nSPS) is 10.9. The number of aryl methyl sites for hydroxylation is 2. The van der Waals surface area contributed by atoms with E-state index in [4.69, 9.17) is 0 Å². The highest BCUT2D eigenvalue weighted by Gasteiger charge is 2.18. The van der Waals surface area contributed by atoms with E-state index in [9.17, 15) is 18.9 Å². The van der Waals surface area contributed by atoms with Crippen LogP contribution in [-0.2, 0) is 6.54 Å². The van der Waals surface area contributed by atoms with Gasteiger partial charge in [-0.2, -0.15) is 0 Å². The van der Waals surface area contributed by atoms with Gasteiger partial charge in [0.15, 0.2) is 0 Å². The van der Waals surface area contributed by atoms with E-state index in [2.05, 4.69) is 5.32 Å². The molecule has 112 valence electrons. The molecule has 0 spiro atoms. The molecule has 0 fully saturated rings. The summed E-state index contributed by atoms with van der Waals surface area (Å²) in [6, 6.07) is 5.46. The van der Waals surface area contributed by atoms with Crippen LogP contribution in [0.3, 0.4) is 0 Å². The fraction of sp³-hybridized carbons (Fsp3) is 0.286. The summed E-state index contributed by atoms with van der Waals surface area (Å²) in [6.45, 7) is 4.41. The molecule has 1 aromatic carbocycles. The van der Waals surface area contributed by atoms with Crippen LogP contribution in [0.5, 0.6) is 0 Å². The van der Waals surface area contributed by atoms with Gasteiger partial charge in [-0.25, -0.2) is 8.78 Å². The number of hydrogen-bond acceptors (Lipinski definition) is 4. The number of rotatable bonds is 5. The molecule has 0 aliphatic heterocycles. The van der Waals surface area contributed by atoms with Crippen molar-refractivity contribution in [3.63, 3.8) is 0 Å². The number of thiophene rings is 1. The van der Waals surface area contributed by atoms with Crippen LogP contribution in [0.2, 0.25) is 0 Å². The van der Waals surface area contributed by atoms with Crippen molar-refractivity contribution in [2.75, 3.05) is 5.32 Å². The predicted octanol–water partition coefficient (Wildman–Crippen LogP) is 4.82. The van der Waals surface area contributed by atoms with Gasteiger partial charge in [0.25, 0.3) is 12.1 Å². The van der Waals surface area contributed by atoms with Gasteiger partial charge < -0.3 is 5.32 Å². The number of hydrogen-bond donors (Lipinski definition) is 1. The summed E-state index contributed by atoms with van der Waals surface area (Å²) in [5, 5.41) is 13.6. The van der Waals surface area contributed by atoms with Crippen LogP contribution in [0.25, 0.3) is 0 Å². The first-order chi connectivity index (χ1) is 9.88. The van der Waals surface area contributed by atoms with Gasteiger partial charge in [-0.15, -0.1) is 11.3 Å². The largest absolute Gasteiger partial charge is 0.380 e. The number of non-ortho nitro benzene ring substituents is 1. The highest BCUT2D eigenvalue weighted by atomic mass is 32.1. The number of benzene rings is 1. The summed E-state index contributed by atoms with van der Waals surface area (Å²) < 4.78 is 26.0. The quantitative estimate of drug-likeness (QED) is 0.636. The molecule has 1 aromatic heterocycles. The maximum atomic E-state index is 13.0. The zero-order valence-electron chi connectivity index (χ0n) is 11.5. The van der Waals surface area contributed by atoms with E-state index in [0.717, 1.165) is 16.5 Å². The van der Waals surface area contributed by atoms with Crippen LogP contribution in [0.1, 0.15) is 27.3 Å². The van der Waals surface area contributed by atoms with E-state index >= 15 is 0 Å². The van der Waals surface area contributed by atoms with E-state index in [1.54, 1.807) is 11.3 Å². The Morgan fingerprint density at radius 3 is 2.57 bits per heavy atom. The molecular formula is C14H14F2N2O2S. The minimum absolute atomic E-state index is 0.222. The number of anilines is 1. The van der Waals surface area contributed by atoms with Gasteiger partial charge in [-0.05, 0) is 31.5 Å². The van der Waals surface area contributed by atoms with Gasteiger partial charge in [0.05, 0.1) is 4.92 Å². The van der Waals surface area contributed by atoms with Gasteiger partial charge >= 0.3 is 0 Å². The fourth-order valence-corrected chi connectivity index (χ4v) is 2.92. The molecular weight excluding hydrogens is 298 g/mol. The molecule has 1 heterocycles. The maximum Gasteiger partial charge on any atom is 0.270 e. The van der Waals surface area contributed by atoms with Crippen LogP contribution in [0.4, 0.5) is 20.2 Å². The molecule has 0 atom stereocenters. The van der Waals surface area contributed by atoms with Crippen molar-refractivity contribution in [3.8, 4) is 0 Å². The fourth-order valence-electron chi connectivity index (χ4n) is 1.92. The van der Waals surface area contributed by atoms with Gasteiger partial charge in [-0.3, -0.25) is 10.1 Å². The number of nitrogens with one attached hydrogen (secondary N) is 1. The summed E-state index contributed by atoms with van der Waals surface area (Å²) in [7, 11) is 0. The lowest BCUT2D eigenvalue weighted by molar-refractivity contribution is -0.385. The second kappa shape index (κ2) is 6.17. The Bertz CT molecular complexity index is 651. The smallest absolute Gasteiger partial charge is 0.270 e. The van der Waals surface area contributed by atoms with Crippen molar-refractivity contribution in [1.82, 2.24) is 0 Å². The topological polar surface area (TPSA) is 55.2 Å². The zero-order chi connectivity index (χ0) is 15.6. The molecule has 0 aliphatic carbocycles. The van der Waals surface area contributed by atoms with Crippen LogP contribution in [0, 0.1) is 24.0 Å². The number of halogens is 2. The van der Waals surface area contributed by atoms with Crippen molar-refractivity contribution in [2.45, 2.75) is 26.8 Å². The molecule has 21 heavy (non-hydrogen) atoms. The number of nitro groups is 1. The average Bonchev–Trinajstić information content (AvgIpc) is 2.75. The highest BCUT2D eigenvalue weighted by molar-refractivity contribution is 7.12. The van der Waals surface area contributed by atoms with Gasteiger partial charge in [-0.1, -0.05) is 0 Å². The Morgan fingerprint density at radius 2 is 2.05 bits per heavy atom. The first kappa shape index (κ1) is 15.4. The molecule has 7 heteroatoms. The van der Waals surface area contributed by atoms with Crippen LogP contribution in [-0.4, -0.2) is 4.92 Å². The van der Waals surface area contributed by atoms with Gasteiger partial charge in [0, 0.05) is 39.7 Å². The minimum atomic E-state index is -2.76. The second-order valence-corrected chi connectivity index (χ2v) is 5.98. The molecule has 0 radical (unpaired) electrons. The first-order valence-electron chi connectivity index (χ1n) is 6.24. The summed E-state index contributed by atoms with van der Waals surface area (Å²) in [6.07, 6.45) is -2.76. The average molecular weight is 312 g/mol. The van der Waals surface area contributed by atoms with Gasteiger partial charge in [0.2, 0.25) is 0 Å². The lowest BCUT2D eigenvalue weighted by Crippen LogP contribution is -2.02. The maximum absolute atomic E-state index is 13.0. The Hall–Kier alpha value is -2.02. The molecule has 1 N–H and O–H groups in total. The summed E-state index contributed by atoms with van der Waals surface area (Å²) in [5.74, 6) is 0. The zero-order valence-corrected chi connectivity index (χ0v) is 12.3. The molecule has 4 nitrogen and oxygen atoms in total. The summed E-state index contributed by atoms with van der Waals surface area (Å²) in [4.78, 5) is 12.2. The molecule has 2 aromatic rings. The molecule has 0 amide bonds. The van der Waals surface area contributed by atoms with E-state index in [0.29, 0.717) is 6.54 Å². The Labute approximate surface area is 124 Å². The van der Waals surface area contributed by atoms with E-state index in [1.807, 2.05) is 19.9 Å². The predicted molar refractivity (Wildman–Crippen MR) is 79.2 cm³/mol. The molecule has 0 unspecified atom stereocenters. The first-order valence-corrected chi connectivity index (χ1v) is 7.06. The van der Waals surface area contributed by atoms with E-state index in [-0.39, 0.29) is 16.9 Å². The monoisotopic (exact) mass is 312 g/mol. The number of alkyl halides is 2. The van der Waals surface area contributed by atoms with Crippen molar-refractivity contribution < 1.29 is 13.7 Å². The third kappa shape index (κ3) is 3.55. The number of nitrogens with zero attached hydrogens (tertiary/aromatic N) is 1. The number of nitro benzene ring substituents is 1. The van der Waals surface area contributed by atoms with Crippen molar-refractivity contribution in [2.24, 2.45) is 0 Å². The summed E-state index contributed by atoms with van der Waals surface area (Å²) in [5.41, 5.74) is 0.696. The molecule has 0 aliphatic rings. The van der Waals surface area contributed by atoms with Crippen molar-refractivity contribution in [3.05, 3.63) is 55.3 Å².